The van der Waals surface area contributed by atoms with Crippen LogP contribution in [0.15, 0.2) is 181 Å². The molecule has 2 atom stereocenters. The van der Waals surface area contributed by atoms with Crippen LogP contribution in [0.25, 0.3) is 0 Å². The fraction of sp³-hybridized carbons (Fsp3) is 0.233. The minimum Gasteiger partial charge on any atom is -0.301 e. The van der Waals surface area contributed by atoms with Gasteiger partial charge < -0.3 is 9.80 Å². The zero-order valence-corrected chi connectivity index (χ0v) is 48.4. The van der Waals surface area contributed by atoms with Crippen LogP contribution in [0.5, 0.6) is 0 Å². The third-order valence-electron chi connectivity index (χ3n) is 13.3. The van der Waals surface area contributed by atoms with Crippen LogP contribution in [0, 0.1) is 11.8 Å². The van der Waals surface area contributed by atoms with Gasteiger partial charge in [-0.15, -0.1) is 0 Å². The Bertz CT molecular complexity index is 3060. The van der Waals surface area contributed by atoms with Crippen LogP contribution in [0.1, 0.15) is 67.7 Å². The van der Waals surface area contributed by atoms with Gasteiger partial charge >= 0.3 is 49.4 Å². The molecule has 0 N–H and O–H groups in total. The van der Waals surface area contributed by atoms with Gasteiger partial charge in [0.25, 0.3) is 0 Å². The SMILES string of the molecule is CN(C)[C@H]([C]1C=CC=C1P(c1cc(C(F)(F)F)cc(C(F)(F)F)c1)c1cc(C(F)(F)F)cc(C(F)(F)F)c1)c1ccccc1.CN(C)[C@H]([C]1C=CC=C1P(c1cc(C(F)(F)F)cc(C(F)(F)F)c1)c1cc(C(F)(F)F)cc(C(F)(F)F)c1)c1ccccc1.[Fe]. The molecule has 6 aromatic carbocycles. The molecule has 2 aliphatic rings. The number of halogens is 24. The van der Waals surface area contributed by atoms with Gasteiger partial charge in [0.05, 0.1) is 44.5 Å². The van der Waals surface area contributed by atoms with Gasteiger partial charge in [0.2, 0.25) is 0 Å². The molecule has 2 aliphatic carbocycles. The average Bonchev–Trinajstić information content (AvgIpc) is 2.02. The van der Waals surface area contributed by atoms with E-state index in [1.165, 1.54) is 36.5 Å². The zero-order valence-electron chi connectivity index (χ0n) is 45.5. The molecule has 6 aromatic rings. The van der Waals surface area contributed by atoms with E-state index in [1.807, 2.05) is 0 Å². The second-order valence-electron chi connectivity index (χ2n) is 20.0. The van der Waals surface area contributed by atoms with Crippen LogP contribution < -0.4 is 21.2 Å². The first-order chi connectivity index (χ1) is 40.3. The number of alkyl halides is 24. The molecular weight excluding hydrogens is 1320 g/mol. The number of hydrogen-bond acceptors (Lipinski definition) is 2. The van der Waals surface area contributed by atoms with E-state index < -0.39 is 143 Å². The Morgan fingerprint density at radius 1 is 0.292 bits per heavy atom. The van der Waals surface area contributed by atoms with Crippen molar-refractivity contribution in [3.8, 4) is 0 Å². The Kier molecular flexibility index (Phi) is 21.5. The van der Waals surface area contributed by atoms with Gasteiger partial charge in [-0.05, 0) is 160 Å². The second-order valence-corrected chi connectivity index (χ2v) is 24.4. The molecule has 2 nitrogen and oxygen atoms in total. The molecule has 0 bridgehead atoms. The molecule has 0 fully saturated rings. The predicted octanol–water partition coefficient (Wildman–Crippen LogP) is 19.0. The number of benzene rings is 6. The van der Waals surface area contributed by atoms with Crippen LogP contribution in [-0.2, 0) is 66.5 Å². The summed E-state index contributed by atoms with van der Waals surface area (Å²) in [5.41, 5.74) is -12.8. The average molecular weight is 1360 g/mol. The first kappa shape index (κ1) is 72.0. The summed E-state index contributed by atoms with van der Waals surface area (Å²) in [4.78, 5) is 3.31. The number of rotatable bonds is 12. The summed E-state index contributed by atoms with van der Waals surface area (Å²) < 4.78 is 333. The van der Waals surface area contributed by atoms with Crippen molar-refractivity contribution in [1.82, 2.24) is 9.80 Å². The maximum absolute atomic E-state index is 13.9. The Morgan fingerprint density at radius 3 is 0.652 bits per heavy atom. The standard InChI is InChI=1S/2C30H21F12NP.Fe/c2*1-43(2)26(17-7-4-3-5-8-17)24-9-6-10-25(24)44(22-13-18(27(31,32)33)11-19(14-22)28(34,35)36)23-15-20(29(37,38)39)12-21(16-23)30(40,41)42;/h2*3-16,26H,1-2H3;/t2*26-;/m00./s1. The van der Waals surface area contributed by atoms with E-state index in [-0.39, 0.29) is 63.8 Å². The molecule has 0 saturated heterocycles. The number of nitrogens with zero attached hydrogens (tertiary/aromatic N) is 2. The number of hydrogen-bond donors (Lipinski definition) is 0. The molecule has 0 aliphatic heterocycles. The van der Waals surface area contributed by atoms with E-state index in [4.69, 9.17) is 0 Å². The van der Waals surface area contributed by atoms with E-state index in [0.717, 1.165) is 0 Å². The van der Waals surface area contributed by atoms with Crippen LogP contribution in [0.4, 0.5) is 105 Å². The molecular formula is C60H42F24FeN2P2. The normalized spacial score (nSPS) is 15.6. The Morgan fingerprint density at radius 2 is 0.483 bits per heavy atom. The van der Waals surface area contributed by atoms with Crippen molar-refractivity contribution in [2.75, 3.05) is 28.2 Å². The maximum atomic E-state index is 13.9. The zero-order chi connectivity index (χ0) is 65.7. The minimum atomic E-state index is -5.31. The van der Waals surface area contributed by atoms with Crippen molar-refractivity contribution in [3.63, 3.8) is 0 Å². The van der Waals surface area contributed by atoms with Gasteiger partial charge in [0.1, 0.15) is 0 Å². The maximum Gasteiger partial charge on any atom is 0.416 e. The minimum absolute atomic E-state index is 0. The fourth-order valence-corrected chi connectivity index (χ4v) is 14.9. The fourth-order valence-electron chi connectivity index (χ4n) is 9.63. The van der Waals surface area contributed by atoms with Gasteiger partial charge in [-0.2, -0.15) is 105 Å². The third-order valence-corrected chi connectivity index (χ3v) is 18.2. The van der Waals surface area contributed by atoms with Gasteiger partial charge in [-0.1, -0.05) is 97.1 Å². The topological polar surface area (TPSA) is 6.48 Å². The summed E-state index contributed by atoms with van der Waals surface area (Å²) in [7, 11) is 0.764. The Balaban J connectivity index is 0.000000281. The molecule has 2 radical (unpaired) electrons. The summed E-state index contributed by atoms with van der Waals surface area (Å²) >= 11 is 0. The van der Waals surface area contributed by atoms with Crippen molar-refractivity contribution >= 4 is 37.1 Å². The number of allylic oxidation sites excluding steroid dienone is 4. The summed E-state index contributed by atoms with van der Waals surface area (Å²) in [6, 6.07) is 17.5. The summed E-state index contributed by atoms with van der Waals surface area (Å²) in [5.74, 6) is 0.563. The van der Waals surface area contributed by atoms with Crippen molar-refractivity contribution in [3.05, 3.63) is 248 Å². The van der Waals surface area contributed by atoms with E-state index in [1.54, 1.807) is 98.7 Å². The first-order valence-electron chi connectivity index (χ1n) is 25.1. The van der Waals surface area contributed by atoms with Crippen LogP contribution in [-0.4, -0.2) is 38.0 Å². The molecule has 0 saturated carbocycles. The smallest absolute Gasteiger partial charge is 0.301 e. The van der Waals surface area contributed by atoms with Crippen LogP contribution >= 0.6 is 15.8 Å². The van der Waals surface area contributed by atoms with E-state index >= 15 is 0 Å². The van der Waals surface area contributed by atoms with Gasteiger partial charge in [0.15, 0.2) is 0 Å². The summed E-state index contributed by atoms with van der Waals surface area (Å²) in [5, 5.41) is -2.94. The molecule has 0 heterocycles. The monoisotopic (exact) mass is 1360 g/mol. The predicted molar refractivity (Wildman–Crippen MR) is 285 cm³/mol. The quantitative estimate of drug-likeness (QED) is 0.0684. The van der Waals surface area contributed by atoms with Crippen molar-refractivity contribution in [2.24, 2.45) is 0 Å². The molecule has 0 aromatic heterocycles. The first-order valence-corrected chi connectivity index (χ1v) is 27.8. The Hall–Kier alpha value is -6.10. The summed E-state index contributed by atoms with van der Waals surface area (Å²) in [6.45, 7) is 0. The van der Waals surface area contributed by atoms with E-state index in [0.29, 0.717) is 59.7 Å². The van der Waals surface area contributed by atoms with Gasteiger partial charge in [0, 0.05) is 41.0 Å². The van der Waals surface area contributed by atoms with E-state index in [9.17, 15) is 105 Å². The molecule has 478 valence electrons. The molecule has 0 amide bonds. The Labute approximate surface area is 505 Å². The van der Waals surface area contributed by atoms with Crippen molar-refractivity contribution in [1.29, 1.82) is 0 Å². The van der Waals surface area contributed by atoms with Crippen LogP contribution in [0.3, 0.4) is 0 Å². The van der Waals surface area contributed by atoms with E-state index in [2.05, 4.69) is 0 Å². The van der Waals surface area contributed by atoms with Crippen molar-refractivity contribution in [2.45, 2.75) is 61.5 Å². The largest absolute Gasteiger partial charge is 0.416 e. The summed E-state index contributed by atoms with van der Waals surface area (Å²) in [6.07, 6.45) is -34.1. The molecule has 0 unspecified atom stereocenters. The molecule has 8 rings (SSSR count). The third kappa shape index (κ3) is 17.3. The molecule has 29 heteroatoms. The van der Waals surface area contributed by atoms with Crippen molar-refractivity contribution < 1.29 is 122 Å². The van der Waals surface area contributed by atoms with Crippen LogP contribution in [0.2, 0.25) is 0 Å². The van der Waals surface area contributed by atoms with Gasteiger partial charge in [-0.25, -0.2) is 0 Å². The van der Waals surface area contributed by atoms with Gasteiger partial charge in [-0.3, -0.25) is 0 Å². The molecule has 89 heavy (non-hydrogen) atoms. The molecule has 0 spiro atoms. The second kappa shape index (κ2) is 26.6.